The highest BCUT2D eigenvalue weighted by Crippen LogP contribution is 2.42. The van der Waals surface area contributed by atoms with Gasteiger partial charge in [-0.05, 0) is 17.8 Å². The van der Waals surface area contributed by atoms with Gasteiger partial charge in [0.05, 0.1) is 0 Å². The molecule has 0 bridgehead atoms. The largest absolute Gasteiger partial charge is 0.456 e. The summed E-state index contributed by atoms with van der Waals surface area (Å²) in [6.45, 7) is 12.5. The molecule has 0 aromatic rings. The summed E-state index contributed by atoms with van der Waals surface area (Å²) >= 11 is 0. The van der Waals surface area contributed by atoms with Crippen LogP contribution in [-0.4, -0.2) is 56.9 Å². The molecule has 1 rings (SSSR count). The van der Waals surface area contributed by atoms with Crippen LogP contribution in [0.5, 0.6) is 0 Å². The average Bonchev–Trinajstić information content (AvgIpc) is 2.86. The van der Waals surface area contributed by atoms with Crippen molar-refractivity contribution in [2.24, 2.45) is 11.3 Å². The van der Waals surface area contributed by atoms with Gasteiger partial charge in [-0.15, -0.1) is 6.58 Å². The topological polar surface area (TPSA) is 80.3 Å². The van der Waals surface area contributed by atoms with Gasteiger partial charge in [0.2, 0.25) is 0 Å². The molecule has 1 aliphatic rings. The van der Waals surface area contributed by atoms with E-state index in [1.54, 1.807) is 0 Å². The number of allylic oxidation sites excluding steroid dienone is 1. The quantitative estimate of drug-likeness (QED) is 0.349. The van der Waals surface area contributed by atoms with E-state index in [2.05, 4.69) is 13.5 Å². The highest BCUT2D eigenvalue weighted by molar-refractivity contribution is 5.67. The van der Waals surface area contributed by atoms with Crippen molar-refractivity contribution in [3.05, 3.63) is 12.7 Å². The zero-order valence-electron chi connectivity index (χ0n) is 16.8. The predicted octanol–water partition coefficient (Wildman–Crippen LogP) is 2.47. The summed E-state index contributed by atoms with van der Waals surface area (Å²) in [7, 11) is 2.95. The lowest BCUT2D eigenvalue weighted by Crippen LogP contribution is -2.46. The SMILES string of the molecule is C=CC(C)CC(C)(C)C1OC(C(OC)OC)C(OC(C)=O)C1OC(C)=O. The summed E-state index contributed by atoms with van der Waals surface area (Å²) in [4.78, 5) is 23.3. The van der Waals surface area contributed by atoms with Crippen LogP contribution in [0.3, 0.4) is 0 Å². The lowest BCUT2D eigenvalue weighted by Gasteiger charge is -2.36. The van der Waals surface area contributed by atoms with Crippen molar-refractivity contribution < 1.29 is 33.3 Å². The molecule has 5 unspecified atom stereocenters. The Kier molecular flexibility index (Phi) is 8.24. The highest BCUT2D eigenvalue weighted by atomic mass is 16.7. The Hall–Kier alpha value is -1.44. The standard InChI is InChI=1S/C19H32O7/c1-9-11(2)10-19(5,6)17-15(25-13(4)21)14(24-12(3)20)16(26-17)18(22-7)23-8/h9,11,14-18H,1,10H2,2-8H3. The number of esters is 2. The maximum absolute atomic E-state index is 11.7. The Bertz CT molecular complexity index is 498. The van der Waals surface area contributed by atoms with E-state index in [1.165, 1.54) is 28.1 Å². The Morgan fingerprint density at radius 2 is 1.62 bits per heavy atom. The highest BCUT2D eigenvalue weighted by Gasteiger charge is 2.56. The number of hydrogen-bond donors (Lipinski definition) is 0. The van der Waals surface area contributed by atoms with Gasteiger partial charge in [0, 0.05) is 28.1 Å². The molecule has 0 aromatic carbocycles. The van der Waals surface area contributed by atoms with Gasteiger partial charge >= 0.3 is 11.9 Å². The van der Waals surface area contributed by atoms with Gasteiger partial charge in [-0.3, -0.25) is 9.59 Å². The van der Waals surface area contributed by atoms with E-state index < -0.39 is 42.6 Å². The van der Waals surface area contributed by atoms with Crippen molar-refractivity contribution in [2.45, 2.75) is 71.7 Å². The molecular formula is C19H32O7. The molecule has 1 fully saturated rings. The first-order valence-corrected chi connectivity index (χ1v) is 8.75. The average molecular weight is 372 g/mol. The molecule has 1 heterocycles. The van der Waals surface area contributed by atoms with Crippen LogP contribution in [0.25, 0.3) is 0 Å². The van der Waals surface area contributed by atoms with Crippen LogP contribution < -0.4 is 0 Å². The van der Waals surface area contributed by atoms with E-state index in [9.17, 15) is 9.59 Å². The van der Waals surface area contributed by atoms with Crippen LogP contribution in [0.4, 0.5) is 0 Å². The molecule has 150 valence electrons. The van der Waals surface area contributed by atoms with Crippen molar-refractivity contribution in [1.82, 2.24) is 0 Å². The minimum atomic E-state index is -0.829. The molecule has 0 aliphatic carbocycles. The van der Waals surface area contributed by atoms with Crippen LogP contribution in [0.1, 0.15) is 41.0 Å². The number of carbonyl (C=O) groups excluding carboxylic acids is 2. The van der Waals surface area contributed by atoms with Crippen LogP contribution in [0.2, 0.25) is 0 Å². The maximum Gasteiger partial charge on any atom is 0.303 e. The minimum Gasteiger partial charge on any atom is -0.456 e. The summed E-state index contributed by atoms with van der Waals surface area (Å²) in [5.41, 5.74) is -0.382. The smallest absolute Gasteiger partial charge is 0.303 e. The zero-order valence-corrected chi connectivity index (χ0v) is 16.8. The molecule has 26 heavy (non-hydrogen) atoms. The van der Waals surface area contributed by atoms with Gasteiger partial charge in [-0.1, -0.05) is 26.8 Å². The summed E-state index contributed by atoms with van der Waals surface area (Å²) in [6.07, 6.45) is -0.965. The first-order valence-electron chi connectivity index (χ1n) is 8.75. The van der Waals surface area contributed by atoms with Gasteiger partial charge in [-0.2, -0.15) is 0 Å². The molecule has 0 spiro atoms. The molecule has 5 atom stereocenters. The van der Waals surface area contributed by atoms with Crippen molar-refractivity contribution >= 4 is 11.9 Å². The fraction of sp³-hybridized carbons (Fsp3) is 0.789. The maximum atomic E-state index is 11.7. The van der Waals surface area contributed by atoms with E-state index in [0.29, 0.717) is 0 Å². The molecule has 0 N–H and O–H groups in total. The third-order valence-corrected chi connectivity index (χ3v) is 4.61. The van der Waals surface area contributed by atoms with Crippen molar-refractivity contribution in [3.8, 4) is 0 Å². The fourth-order valence-electron chi connectivity index (χ4n) is 3.57. The normalized spacial score (nSPS) is 27.2. The first-order chi connectivity index (χ1) is 12.1. The summed E-state index contributed by atoms with van der Waals surface area (Å²) in [5.74, 6) is -0.733. The van der Waals surface area contributed by atoms with Gasteiger partial charge in [-0.25, -0.2) is 0 Å². The molecule has 1 saturated heterocycles. The number of hydrogen-bond acceptors (Lipinski definition) is 7. The van der Waals surface area contributed by atoms with E-state index in [1.807, 2.05) is 19.9 Å². The number of rotatable bonds is 9. The summed E-state index contributed by atoms with van der Waals surface area (Å²) in [5, 5.41) is 0. The molecule has 1 aliphatic heterocycles. The fourth-order valence-corrected chi connectivity index (χ4v) is 3.57. The van der Waals surface area contributed by atoms with Gasteiger partial charge in [0.15, 0.2) is 18.5 Å². The predicted molar refractivity (Wildman–Crippen MR) is 95.3 cm³/mol. The number of carbonyl (C=O) groups is 2. The van der Waals surface area contributed by atoms with Crippen LogP contribution in [-0.2, 0) is 33.3 Å². The number of methoxy groups -OCH3 is 2. The third-order valence-electron chi connectivity index (χ3n) is 4.61. The second kappa shape index (κ2) is 9.48. The van der Waals surface area contributed by atoms with E-state index in [4.69, 9.17) is 23.7 Å². The molecule has 7 heteroatoms. The monoisotopic (exact) mass is 372 g/mol. The van der Waals surface area contributed by atoms with E-state index in [0.717, 1.165) is 6.42 Å². The molecule has 7 nitrogen and oxygen atoms in total. The van der Waals surface area contributed by atoms with Gasteiger partial charge in [0.25, 0.3) is 0 Å². The molecule has 0 aromatic heterocycles. The molecular weight excluding hydrogens is 340 g/mol. The van der Waals surface area contributed by atoms with E-state index in [-0.39, 0.29) is 11.3 Å². The second-order valence-electron chi connectivity index (χ2n) is 7.41. The number of ether oxygens (including phenoxy) is 5. The Morgan fingerprint density at radius 3 is 2.04 bits per heavy atom. The Labute approximate surface area is 156 Å². The first kappa shape index (κ1) is 22.6. The Morgan fingerprint density at radius 1 is 1.12 bits per heavy atom. The van der Waals surface area contributed by atoms with Crippen molar-refractivity contribution in [3.63, 3.8) is 0 Å². The van der Waals surface area contributed by atoms with Crippen LogP contribution in [0, 0.1) is 11.3 Å². The van der Waals surface area contributed by atoms with Crippen molar-refractivity contribution in [2.75, 3.05) is 14.2 Å². The van der Waals surface area contributed by atoms with Gasteiger partial charge in [0.1, 0.15) is 12.2 Å². The van der Waals surface area contributed by atoms with Crippen molar-refractivity contribution in [1.29, 1.82) is 0 Å². The lowest BCUT2D eigenvalue weighted by molar-refractivity contribution is -0.204. The molecule has 0 radical (unpaired) electrons. The van der Waals surface area contributed by atoms with Crippen LogP contribution in [0.15, 0.2) is 12.7 Å². The molecule has 0 amide bonds. The second-order valence-corrected chi connectivity index (χ2v) is 7.41. The lowest BCUT2D eigenvalue weighted by atomic mass is 9.76. The zero-order chi connectivity index (χ0) is 20.1. The summed E-state index contributed by atoms with van der Waals surface area (Å²) < 4.78 is 27.8. The van der Waals surface area contributed by atoms with Crippen LogP contribution >= 0.6 is 0 Å². The minimum absolute atomic E-state index is 0.235. The Balaban J connectivity index is 3.26. The third kappa shape index (κ3) is 5.53. The summed E-state index contributed by atoms with van der Waals surface area (Å²) in [6, 6.07) is 0. The van der Waals surface area contributed by atoms with E-state index >= 15 is 0 Å². The molecule has 0 saturated carbocycles. The van der Waals surface area contributed by atoms with Gasteiger partial charge < -0.3 is 23.7 Å².